The van der Waals surface area contributed by atoms with E-state index in [0.29, 0.717) is 30.9 Å². The molecule has 0 saturated carbocycles. The standard InChI is InChI=1S/C24H24FN5O3/c1-15-5-3-10-30-21(15)28-22-19(24(30)32)13-18(20(26)29(22)11-4-12-33-2)23(31)27-14-16-6-8-17(25)9-7-16/h3,5-10,13,26H,4,11-12,14H2,1-2H3,(H,27,31)/p+1. The number of hydrogen-bond acceptors (Lipinski definition) is 5. The van der Waals surface area contributed by atoms with Crippen molar-refractivity contribution in [2.24, 2.45) is 0 Å². The summed E-state index contributed by atoms with van der Waals surface area (Å²) in [5, 5.41) is 3.08. The summed E-state index contributed by atoms with van der Waals surface area (Å²) in [6.45, 7) is 2.97. The van der Waals surface area contributed by atoms with Crippen molar-refractivity contribution in [1.29, 1.82) is 0 Å². The van der Waals surface area contributed by atoms with E-state index in [1.165, 1.54) is 22.6 Å². The first-order valence-electron chi connectivity index (χ1n) is 10.6. The second-order valence-corrected chi connectivity index (χ2v) is 7.79. The zero-order valence-corrected chi connectivity index (χ0v) is 18.5. The summed E-state index contributed by atoms with van der Waals surface area (Å²) < 4.78 is 21.5. The van der Waals surface area contributed by atoms with Crippen LogP contribution in [0.4, 0.5) is 10.2 Å². The van der Waals surface area contributed by atoms with E-state index in [4.69, 9.17) is 15.5 Å². The minimum absolute atomic E-state index is 0.175. The quantitative estimate of drug-likeness (QED) is 0.255. The van der Waals surface area contributed by atoms with Gasteiger partial charge in [-0.05, 0) is 36.8 Å². The number of carbonyl (C=O) groups is 1. The lowest BCUT2D eigenvalue weighted by atomic mass is 10.1. The summed E-state index contributed by atoms with van der Waals surface area (Å²) in [6, 6.07) is 11.0. The SMILES string of the molecule is COCCC[n+]1c(N)c(C(=O)NCc2ccc(F)cc2)cc2c(=O)n3cccc(C)c3nc21. The number of aryl methyl sites for hydroxylation is 2. The van der Waals surface area contributed by atoms with Crippen LogP contribution in [0, 0.1) is 12.7 Å². The maximum Gasteiger partial charge on any atom is 0.278 e. The van der Waals surface area contributed by atoms with Gasteiger partial charge in [-0.2, -0.15) is 0 Å². The molecule has 0 aliphatic heterocycles. The van der Waals surface area contributed by atoms with Gasteiger partial charge in [-0.15, -0.1) is 0 Å². The maximum atomic E-state index is 13.3. The molecule has 1 aromatic carbocycles. The number of nitrogens with two attached hydrogens (primary N) is 1. The molecule has 170 valence electrons. The largest absolute Gasteiger partial charge is 0.385 e. The number of fused-ring (bicyclic) bond motifs is 2. The number of methoxy groups -OCH3 is 1. The highest BCUT2D eigenvalue weighted by atomic mass is 19.1. The predicted octanol–water partition coefficient (Wildman–Crippen LogP) is 2.13. The Labute approximate surface area is 189 Å². The molecule has 0 radical (unpaired) electrons. The minimum Gasteiger partial charge on any atom is -0.385 e. The molecule has 3 N–H and O–H groups in total. The fourth-order valence-corrected chi connectivity index (χ4v) is 3.77. The third-order valence-electron chi connectivity index (χ3n) is 5.52. The van der Waals surface area contributed by atoms with E-state index >= 15 is 0 Å². The van der Waals surface area contributed by atoms with Gasteiger partial charge in [0.05, 0.1) is 6.54 Å². The fourth-order valence-electron chi connectivity index (χ4n) is 3.77. The van der Waals surface area contributed by atoms with Crippen molar-refractivity contribution in [2.75, 3.05) is 19.5 Å². The number of hydrogen-bond donors (Lipinski definition) is 2. The Morgan fingerprint density at radius 3 is 2.76 bits per heavy atom. The number of ether oxygens (including phenoxy) is 1. The summed E-state index contributed by atoms with van der Waals surface area (Å²) in [4.78, 5) is 31.0. The molecule has 33 heavy (non-hydrogen) atoms. The van der Waals surface area contributed by atoms with Crippen LogP contribution in [0.15, 0.2) is 53.5 Å². The molecule has 0 bridgehead atoms. The van der Waals surface area contributed by atoms with Gasteiger partial charge < -0.3 is 15.8 Å². The van der Waals surface area contributed by atoms with Crippen LogP contribution in [0.2, 0.25) is 0 Å². The molecular formula is C24H25FN5O3+. The van der Waals surface area contributed by atoms with Crippen LogP contribution in [0.25, 0.3) is 16.7 Å². The van der Waals surface area contributed by atoms with Crippen molar-refractivity contribution >= 4 is 28.4 Å². The zero-order chi connectivity index (χ0) is 23.5. The first kappa shape index (κ1) is 22.3. The van der Waals surface area contributed by atoms with Gasteiger partial charge in [-0.3, -0.25) is 14.0 Å². The second-order valence-electron chi connectivity index (χ2n) is 7.79. The topological polar surface area (TPSA) is 103 Å². The van der Waals surface area contributed by atoms with Crippen molar-refractivity contribution in [2.45, 2.75) is 26.4 Å². The van der Waals surface area contributed by atoms with Gasteiger partial charge >= 0.3 is 0 Å². The fraction of sp³-hybridized carbons (Fsp3) is 0.250. The van der Waals surface area contributed by atoms with Crippen molar-refractivity contribution < 1.29 is 18.5 Å². The van der Waals surface area contributed by atoms with Gasteiger partial charge in [0, 0.05) is 38.4 Å². The van der Waals surface area contributed by atoms with Crippen molar-refractivity contribution in [3.05, 3.63) is 81.5 Å². The molecule has 4 aromatic rings. The first-order chi connectivity index (χ1) is 15.9. The van der Waals surface area contributed by atoms with Crippen LogP contribution in [-0.4, -0.2) is 29.0 Å². The van der Waals surface area contributed by atoms with Gasteiger partial charge in [-0.1, -0.05) is 23.2 Å². The molecule has 0 aliphatic carbocycles. The number of pyridine rings is 2. The van der Waals surface area contributed by atoms with E-state index in [9.17, 15) is 14.0 Å². The van der Waals surface area contributed by atoms with Crippen molar-refractivity contribution in [3.8, 4) is 0 Å². The van der Waals surface area contributed by atoms with E-state index in [1.807, 2.05) is 13.0 Å². The lowest BCUT2D eigenvalue weighted by Crippen LogP contribution is -2.43. The molecule has 3 heterocycles. The molecule has 0 spiro atoms. The number of amides is 1. The number of anilines is 1. The Bertz CT molecular complexity index is 1400. The maximum absolute atomic E-state index is 13.3. The number of rotatable bonds is 7. The Kier molecular flexibility index (Phi) is 6.32. The Hall–Kier alpha value is -3.85. The van der Waals surface area contributed by atoms with Crippen LogP contribution in [-0.2, 0) is 17.8 Å². The Balaban J connectivity index is 1.82. The average Bonchev–Trinajstić information content (AvgIpc) is 2.81. The van der Waals surface area contributed by atoms with Crippen LogP contribution < -0.4 is 21.2 Å². The first-order valence-corrected chi connectivity index (χ1v) is 10.6. The summed E-state index contributed by atoms with van der Waals surface area (Å²) >= 11 is 0. The molecule has 0 fully saturated rings. The number of aromatic nitrogens is 3. The summed E-state index contributed by atoms with van der Waals surface area (Å²) in [5.74, 6) is -0.579. The smallest absolute Gasteiger partial charge is 0.278 e. The number of halogens is 1. The van der Waals surface area contributed by atoms with E-state index in [2.05, 4.69) is 5.32 Å². The Morgan fingerprint density at radius 1 is 1.27 bits per heavy atom. The van der Waals surface area contributed by atoms with Gasteiger partial charge in [0.1, 0.15) is 16.8 Å². The Morgan fingerprint density at radius 2 is 2.03 bits per heavy atom. The van der Waals surface area contributed by atoms with Crippen molar-refractivity contribution in [1.82, 2.24) is 14.7 Å². The molecule has 4 rings (SSSR count). The van der Waals surface area contributed by atoms with Crippen LogP contribution >= 0.6 is 0 Å². The van der Waals surface area contributed by atoms with Gasteiger partial charge in [0.15, 0.2) is 0 Å². The number of nitrogens with zero attached hydrogens (tertiary/aromatic N) is 3. The highest BCUT2D eigenvalue weighted by molar-refractivity contribution is 6.00. The van der Waals surface area contributed by atoms with Gasteiger partial charge in [-0.25, -0.2) is 8.96 Å². The predicted molar refractivity (Wildman–Crippen MR) is 122 cm³/mol. The summed E-state index contributed by atoms with van der Waals surface area (Å²) in [6.07, 6.45) is 2.27. The van der Waals surface area contributed by atoms with E-state index < -0.39 is 5.91 Å². The third kappa shape index (κ3) is 4.40. The molecular weight excluding hydrogens is 425 g/mol. The normalized spacial score (nSPS) is 11.2. The average molecular weight is 450 g/mol. The van der Waals surface area contributed by atoms with E-state index in [1.54, 1.807) is 36.1 Å². The van der Waals surface area contributed by atoms with Crippen molar-refractivity contribution in [3.63, 3.8) is 0 Å². The lowest BCUT2D eigenvalue weighted by Gasteiger charge is -2.13. The second kappa shape index (κ2) is 9.33. The molecule has 9 heteroatoms. The van der Waals surface area contributed by atoms with Gasteiger partial charge in [0.25, 0.3) is 17.1 Å². The number of nitrogen functional groups attached to an aromatic ring is 1. The molecule has 3 aromatic heterocycles. The molecule has 8 nitrogen and oxygen atoms in total. The monoisotopic (exact) mass is 450 g/mol. The highest BCUT2D eigenvalue weighted by Crippen LogP contribution is 2.16. The minimum atomic E-state index is -0.437. The van der Waals surface area contributed by atoms with Crippen LogP contribution in [0.5, 0.6) is 0 Å². The third-order valence-corrected chi connectivity index (χ3v) is 5.52. The summed E-state index contributed by atoms with van der Waals surface area (Å²) in [5.41, 5.74) is 8.83. The number of benzene rings is 1. The molecule has 0 saturated heterocycles. The number of carbonyl (C=O) groups excluding carboxylic acids is 1. The summed E-state index contributed by atoms with van der Waals surface area (Å²) in [7, 11) is 1.60. The molecule has 0 unspecified atom stereocenters. The van der Waals surface area contributed by atoms with E-state index in [-0.39, 0.29) is 34.7 Å². The zero-order valence-electron chi connectivity index (χ0n) is 18.5. The van der Waals surface area contributed by atoms with Gasteiger partial charge in [0.2, 0.25) is 11.5 Å². The van der Waals surface area contributed by atoms with Crippen LogP contribution in [0.3, 0.4) is 0 Å². The highest BCUT2D eigenvalue weighted by Gasteiger charge is 2.24. The van der Waals surface area contributed by atoms with E-state index in [0.717, 1.165) is 11.1 Å². The molecule has 1 amide bonds. The molecule has 0 aliphatic rings. The molecule has 0 atom stereocenters. The van der Waals surface area contributed by atoms with Crippen LogP contribution in [0.1, 0.15) is 27.9 Å². The lowest BCUT2D eigenvalue weighted by molar-refractivity contribution is -0.659. The number of nitrogens with one attached hydrogen (secondary N) is 1.